The number of carbonyl (C=O) groups is 1. The Balaban J connectivity index is 2.42. The van der Waals surface area contributed by atoms with Gasteiger partial charge in [0.15, 0.2) is 0 Å². The Hall–Kier alpha value is -0.570. The molecule has 0 saturated carbocycles. The third kappa shape index (κ3) is 4.52. The van der Waals surface area contributed by atoms with Crippen molar-refractivity contribution in [1.29, 1.82) is 0 Å². The highest BCUT2D eigenvalue weighted by Gasteiger charge is 2.28. The van der Waals surface area contributed by atoms with E-state index in [1.54, 1.807) is 0 Å². The fourth-order valence-electron chi connectivity index (χ4n) is 1.99. The van der Waals surface area contributed by atoms with Crippen molar-refractivity contribution in [1.82, 2.24) is 10.2 Å². The van der Waals surface area contributed by atoms with Crippen molar-refractivity contribution >= 4 is 5.91 Å². The second-order valence-electron chi connectivity index (χ2n) is 6.69. The number of rotatable bonds is 2. The van der Waals surface area contributed by atoms with Gasteiger partial charge < -0.3 is 10.2 Å². The van der Waals surface area contributed by atoms with E-state index in [1.807, 2.05) is 4.90 Å². The second-order valence-corrected chi connectivity index (χ2v) is 6.69. The van der Waals surface area contributed by atoms with E-state index in [9.17, 15) is 4.79 Å². The number of amides is 1. The van der Waals surface area contributed by atoms with Gasteiger partial charge in [0.25, 0.3) is 0 Å². The molecule has 1 aliphatic rings. The van der Waals surface area contributed by atoms with Crippen LogP contribution in [0.15, 0.2) is 0 Å². The molecule has 1 aliphatic heterocycles. The molecule has 0 aromatic carbocycles. The number of hydrogen-bond acceptors (Lipinski definition) is 2. The summed E-state index contributed by atoms with van der Waals surface area (Å²) in [6.45, 7) is 13.4. The zero-order chi connectivity index (χ0) is 12.4. The lowest BCUT2D eigenvalue weighted by Gasteiger charge is -2.39. The predicted molar refractivity (Wildman–Crippen MR) is 67.4 cm³/mol. The Bertz CT molecular complexity index is 253. The first-order chi connectivity index (χ1) is 7.20. The van der Waals surface area contributed by atoms with E-state index in [0.29, 0.717) is 12.3 Å². The summed E-state index contributed by atoms with van der Waals surface area (Å²) in [5.41, 5.74) is 0.314. The third-order valence-corrected chi connectivity index (χ3v) is 3.01. The first kappa shape index (κ1) is 13.5. The van der Waals surface area contributed by atoms with Crippen LogP contribution in [0.25, 0.3) is 0 Å². The minimum atomic E-state index is 0.0651. The van der Waals surface area contributed by atoms with Crippen LogP contribution in [-0.4, -0.2) is 36.0 Å². The van der Waals surface area contributed by atoms with E-state index >= 15 is 0 Å². The number of carbonyl (C=O) groups excluding carboxylic acids is 1. The topological polar surface area (TPSA) is 32.3 Å². The van der Waals surface area contributed by atoms with E-state index < -0.39 is 0 Å². The average Bonchev–Trinajstić information content (AvgIpc) is 2.11. The first-order valence-corrected chi connectivity index (χ1v) is 6.22. The summed E-state index contributed by atoms with van der Waals surface area (Å²) < 4.78 is 0. The Morgan fingerprint density at radius 3 is 2.50 bits per heavy atom. The standard InChI is InChI=1S/C13H26N2O/c1-12(2,3)7-6-11(16)15-9-8-14-13(4,5)10-15/h14H,6-10H2,1-5H3. The van der Waals surface area contributed by atoms with E-state index in [2.05, 4.69) is 39.9 Å². The molecule has 0 aromatic rings. The van der Waals surface area contributed by atoms with Crippen LogP contribution in [0.5, 0.6) is 0 Å². The minimum Gasteiger partial charge on any atom is -0.340 e. The van der Waals surface area contributed by atoms with Gasteiger partial charge in [0.2, 0.25) is 5.91 Å². The molecule has 1 fully saturated rings. The largest absolute Gasteiger partial charge is 0.340 e. The first-order valence-electron chi connectivity index (χ1n) is 6.22. The molecule has 1 heterocycles. The molecule has 1 amide bonds. The summed E-state index contributed by atoms with van der Waals surface area (Å²) in [6, 6.07) is 0. The maximum absolute atomic E-state index is 12.0. The lowest BCUT2D eigenvalue weighted by molar-refractivity contribution is -0.133. The van der Waals surface area contributed by atoms with Gasteiger partial charge in [-0.25, -0.2) is 0 Å². The molecule has 16 heavy (non-hydrogen) atoms. The van der Waals surface area contributed by atoms with Gasteiger partial charge in [0.05, 0.1) is 0 Å². The van der Waals surface area contributed by atoms with Gasteiger partial charge in [0, 0.05) is 31.6 Å². The van der Waals surface area contributed by atoms with Crippen molar-refractivity contribution in [2.45, 2.75) is 53.0 Å². The molecule has 0 unspecified atom stereocenters. The van der Waals surface area contributed by atoms with Crippen molar-refractivity contribution in [3.05, 3.63) is 0 Å². The maximum atomic E-state index is 12.0. The summed E-state index contributed by atoms with van der Waals surface area (Å²) in [4.78, 5) is 14.0. The zero-order valence-corrected chi connectivity index (χ0v) is 11.4. The number of nitrogens with zero attached hydrogens (tertiary/aromatic N) is 1. The SMILES string of the molecule is CC(C)(C)CCC(=O)N1CCNC(C)(C)C1. The Morgan fingerprint density at radius 1 is 1.38 bits per heavy atom. The number of nitrogens with one attached hydrogen (secondary N) is 1. The van der Waals surface area contributed by atoms with Crippen LogP contribution in [0.3, 0.4) is 0 Å². The quantitative estimate of drug-likeness (QED) is 0.781. The molecule has 1 N–H and O–H groups in total. The molecule has 1 saturated heterocycles. The highest BCUT2D eigenvalue weighted by atomic mass is 16.2. The highest BCUT2D eigenvalue weighted by Crippen LogP contribution is 2.21. The van der Waals surface area contributed by atoms with Crippen LogP contribution in [0.2, 0.25) is 0 Å². The average molecular weight is 226 g/mol. The molecule has 3 nitrogen and oxygen atoms in total. The van der Waals surface area contributed by atoms with Crippen molar-refractivity contribution in [3.63, 3.8) is 0 Å². The summed E-state index contributed by atoms with van der Waals surface area (Å²) in [5, 5.41) is 3.42. The molecule has 3 heteroatoms. The molecule has 0 aliphatic carbocycles. The van der Waals surface area contributed by atoms with Crippen LogP contribution in [0, 0.1) is 5.41 Å². The fraction of sp³-hybridized carbons (Fsp3) is 0.923. The van der Waals surface area contributed by atoms with Gasteiger partial charge >= 0.3 is 0 Å². The van der Waals surface area contributed by atoms with Crippen molar-refractivity contribution < 1.29 is 4.79 Å². The van der Waals surface area contributed by atoms with Crippen molar-refractivity contribution in [2.24, 2.45) is 5.41 Å². The summed E-state index contributed by atoms with van der Waals surface area (Å²) in [6.07, 6.45) is 1.65. The van der Waals surface area contributed by atoms with Crippen LogP contribution >= 0.6 is 0 Å². The zero-order valence-electron chi connectivity index (χ0n) is 11.4. The molecular formula is C13H26N2O. The van der Waals surface area contributed by atoms with E-state index in [-0.39, 0.29) is 11.0 Å². The fourth-order valence-corrected chi connectivity index (χ4v) is 1.99. The molecular weight excluding hydrogens is 200 g/mol. The van der Waals surface area contributed by atoms with Crippen LogP contribution < -0.4 is 5.32 Å². The summed E-state index contributed by atoms with van der Waals surface area (Å²) in [5.74, 6) is 0.310. The Morgan fingerprint density at radius 2 is 2.00 bits per heavy atom. The van der Waals surface area contributed by atoms with Crippen LogP contribution in [0.1, 0.15) is 47.5 Å². The molecule has 0 spiro atoms. The molecule has 0 aromatic heterocycles. The molecule has 1 rings (SSSR count). The number of hydrogen-bond donors (Lipinski definition) is 1. The normalized spacial score (nSPS) is 20.9. The number of piperazine rings is 1. The molecule has 94 valence electrons. The van der Waals surface area contributed by atoms with Crippen molar-refractivity contribution in [3.8, 4) is 0 Å². The summed E-state index contributed by atoms with van der Waals surface area (Å²) >= 11 is 0. The van der Waals surface area contributed by atoms with Crippen molar-refractivity contribution in [2.75, 3.05) is 19.6 Å². The maximum Gasteiger partial charge on any atom is 0.222 e. The van der Waals surface area contributed by atoms with E-state index in [4.69, 9.17) is 0 Å². The monoisotopic (exact) mass is 226 g/mol. The minimum absolute atomic E-state index is 0.0651. The van der Waals surface area contributed by atoms with Gasteiger partial charge in [-0.15, -0.1) is 0 Å². The Kier molecular flexibility index (Phi) is 4.00. The van der Waals surface area contributed by atoms with Crippen LogP contribution in [0.4, 0.5) is 0 Å². The van der Waals surface area contributed by atoms with Gasteiger partial charge in [-0.05, 0) is 25.7 Å². The second kappa shape index (κ2) is 4.74. The smallest absolute Gasteiger partial charge is 0.222 e. The van der Waals surface area contributed by atoms with Gasteiger partial charge in [0.1, 0.15) is 0 Å². The van der Waals surface area contributed by atoms with E-state index in [0.717, 1.165) is 26.1 Å². The van der Waals surface area contributed by atoms with Gasteiger partial charge in [-0.3, -0.25) is 4.79 Å². The van der Waals surface area contributed by atoms with Gasteiger partial charge in [-0.2, -0.15) is 0 Å². The van der Waals surface area contributed by atoms with Gasteiger partial charge in [-0.1, -0.05) is 20.8 Å². The molecule has 0 atom stereocenters. The van der Waals surface area contributed by atoms with E-state index in [1.165, 1.54) is 0 Å². The molecule has 0 bridgehead atoms. The summed E-state index contributed by atoms with van der Waals surface area (Å²) in [7, 11) is 0. The third-order valence-electron chi connectivity index (χ3n) is 3.01. The lowest BCUT2D eigenvalue weighted by atomic mass is 9.90. The highest BCUT2D eigenvalue weighted by molar-refractivity contribution is 5.76. The molecule has 0 radical (unpaired) electrons. The lowest BCUT2D eigenvalue weighted by Crippen LogP contribution is -2.58. The predicted octanol–water partition coefficient (Wildman–Crippen LogP) is 2.02. The van der Waals surface area contributed by atoms with Crippen LogP contribution in [-0.2, 0) is 4.79 Å². The Labute approximate surface area is 99.6 Å².